The van der Waals surface area contributed by atoms with Gasteiger partial charge in [-0.3, -0.25) is 4.79 Å². The zero-order valence-corrected chi connectivity index (χ0v) is 14.6. The van der Waals surface area contributed by atoms with Gasteiger partial charge in [-0.1, -0.05) is 44.5 Å². The number of Topliss-reactive ketones (excluding diaryl/α,β-unsaturated/α-hetero) is 1. The standard InChI is InChI=1S/C21H30O2/c1-4-7-17-10-12-18(13-11-17)19-8-5-6-9-21(19)23-15-14-20(22)16(2)3/h5-6,8-9,17-18H,2,4,7,10-15H2,1,3H3. The second kappa shape index (κ2) is 8.90. The summed E-state index contributed by atoms with van der Waals surface area (Å²) >= 11 is 0. The van der Waals surface area contributed by atoms with Crippen LogP contribution in [0.25, 0.3) is 0 Å². The smallest absolute Gasteiger partial charge is 0.161 e. The second-order valence-electron chi connectivity index (χ2n) is 6.85. The van der Waals surface area contributed by atoms with E-state index < -0.39 is 0 Å². The topological polar surface area (TPSA) is 26.3 Å². The average Bonchev–Trinajstić information content (AvgIpc) is 2.56. The van der Waals surface area contributed by atoms with Gasteiger partial charge in [-0.2, -0.15) is 0 Å². The zero-order chi connectivity index (χ0) is 16.7. The number of benzene rings is 1. The highest BCUT2D eigenvalue weighted by atomic mass is 16.5. The van der Waals surface area contributed by atoms with Crippen LogP contribution in [0.5, 0.6) is 5.75 Å². The third-order valence-electron chi connectivity index (χ3n) is 4.97. The molecule has 0 aromatic heterocycles. The van der Waals surface area contributed by atoms with E-state index in [4.69, 9.17) is 4.74 Å². The molecule has 0 atom stereocenters. The van der Waals surface area contributed by atoms with Crippen molar-refractivity contribution in [2.24, 2.45) is 5.92 Å². The molecular weight excluding hydrogens is 284 g/mol. The molecule has 1 aliphatic carbocycles. The van der Waals surface area contributed by atoms with Gasteiger partial charge in [0.05, 0.1) is 6.61 Å². The van der Waals surface area contributed by atoms with Crippen molar-refractivity contribution in [3.8, 4) is 5.75 Å². The molecule has 1 aliphatic rings. The number of para-hydroxylation sites is 1. The van der Waals surface area contributed by atoms with Crippen molar-refractivity contribution in [3.63, 3.8) is 0 Å². The minimum absolute atomic E-state index is 0.0857. The van der Waals surface area contributed by atoms with Gasteiger partial charge in [0, 0.05) is 6.42 Å². The molecule has 1 fully saturated rings. The van der Waals surface area contributed by atoms with Crippen molar-refractivity contribution >= 4 is 5.78 Å². The minimum Gasteiger partial charge on any atom is -0.493 e. The van der Waals surface area contributed by atoms with Gasteiger partial charge in [-0.05, 0) is 61.6 Å². The lowest BCUT2D eigenvalue weighted by Crippen LogP contribution is -2.14. The van der Waals surface area contributed by atoms with Crippen molar-refractivity contribution in [1.82, 2.24) is 0 Å². The lowest BCUT2D eigenvalue weighted by molar-refractivity contribution is -0.115. The lowest BCUT2D eigenvalue weighted by Gasteiger charge is -2.29. The summed E-state index contributed by atoms with van der Waals surface area (Å²) in [4.78, 5) is 11.6. The molecule has 2 rings (SSSR count). The molecule has 0 unspecified atom stereocenters. The first kappa shape index (κ1) is 17.8. The highest BCUT2D eigenvalue weighted by molar-refractivity contribution is 5.94. The van der Waals surface area contributed by atoms with Gasteiger partial charge < -0.3 is 4.74 Å². The van der Waals surface area contributed by atoms with E-state index in [2.05, 4.69) is 25.6 Å². The summed E-state index contributed by atoms with van der Waals surface area (Å²) in [6.45, 7) is 8.16. The predicted octanol–water partition coefficient (Wildman–Crippen LogP) is 5.67. The maximum Gasteiger partial charge on any atom is 0.161 e. The van der Waals surface area contributed by atoms with E-state index in [-0.39, 0.29) is 5.78 Å². The normalized spacial score (nSPS) is 21.0. The summed E-state index contributed by atoms with van der Waals surface area (Å²) in [5.74, 6) is 2.57. The maximum atomic E-state index is 11.6. The fourth-order valence-electron chi connectivity index (χ4n) is 3.59. The number of hydrogen-bond acceptors (Lipinski definition) is 2. The van der Waals surface area contributed by atoms with Crippen LogP contribution in [0.4, 0.5) is 0 Å². The Labute approximate surface area is 140 Å². The Hall–Kier alpha value is -1.57. The van der Waals surface area contributed by atoms with Gasteiger partial charge in [-0.25, -0.2) is 0 Å². The van der Waals surface area contributed by atoms with Gasteiger partial charge in [0.1, 0.15) is 5.75 Å². The molecule has 1 aromatic rings. The molecule has 0 heterocycles. The van der Waals surface area contributed by atoms with Crippen molar-refractivity contribution in [1.29, 1.82) is 0 Å². The largest absolute Gasteiger partial charge is 0.493 e. The molecule has 0 saturated heterocycles. The van der Waals surface area contributed by atoms with Gasteiger partial charge in [0.15, 0.2) is 5.78 Å². The molecule has 0 aliphatic heterocycles. The van der Waals surface area contributed by atoms with E-state index in [0.29, 0.717) is 24.5 Å². The van der Waals surface area contributed by atoms with Gasteiger partial charge in [0.2, 0.25) is 0 Å². The van der Waals surface area contributed by atoms with E-state index in [1.54, 1.807) is 6.92 Å². The second-order valence-corrected chi connectivity index (χ2v) is 6.85. The highest BCUT2D eigenvalue weighted by Gasteiger charge is 2.23. The summed E-state index contributed by atoms with van der Waals surface area (Å²) in [6.07, 6.45) is 8.26. The summed E-state index contributed by atoms with van der Waals surface area (Å²) in [6, 6.07) is 8.35. The number of ether oxygens (including phenoxy) is 1. The third kappa shape index (κ3) is 5.23. The maximum absolute atomic E-state index is 11.6. The Morgan fingerprint density at radius 1 is 1.22 bits per heavy atom. The fourth-order valence-corrected chi connectivity index (χ4v) is 3.59. The van der Waals surface area contributed by atoms with E-state index in [0.717, 1.165) is 11.7 Å². The minimum atomic E-state index is 0.0857. The molecule has 0 amide bonds. The van der Waals surface area contributed by atoms with Crippen LogP contribution in [0.3, 0.4) is 0 Å². The fraction of sp³-hybridized carbons (Fsp3) is 0.571. The SMILES string of the molecule is C=C(C)C(=O)CCOc1ccccc1C1CCC(CCC)CC1. The highest BCUT2D eigenvalue weighted by Crippen LogP contribution is 2.40. The Kier molecular flexibility index (Phi) is 6.88. The Morgan fingerprint density at radius 2 is 1.91 bits per heavy atom. The molecule has 2 nitrogen and oxygen atoms in total. The number of carbonyl (C=O) groups excluding carboxylic acids is 1. The molecular formula is C21H30O2. The molecule has 1 saturated carbocycles. The van der Waals surface area contributed by atoms with Crippen LogP contribution in [0, 0.1) is 5.92 Å². The van der Waals surface area contributed by atoms with E-state index >= 15 is 0 Å². The van der Waals surface area contributed by atoms with Crippen molar-refractivity contribution < 1.29 is 9.53 Å². The number of rotatable bonds is 8. The van der Waals surface area contributed by atoms with E-state index in [1.165, 1.54) is 44.1 Å². The van der Waals surface area contributed by atoms with Crippen molar-refractivity contribution in [2.75, 3.05) is 6.61 Å². The third-order valence-corrected chi connectivity index (χ3v) is 4.97. The number of allylic oxidation sites excluding steroid dienone is 1. The summed E-state index contributed by atoms with van der Waals surface area (Å²) < 4.78 is 5.92. The molecule has 0 spiro atoms. The van der Waals surface area contributed by atoms with E-state index in [9.17, 15) is 4.79 Å². The van der Waals surface area contributed by atoms with Crippen LogP contribution in [0.15, 0.2) is 36.4 Å². The van der Waals surface area contributed by atoms with Crippen LogP contribution < -0.4 is 4.74 Å². The molecule has 126 valence electrons. The Balaban J connectivity index is 1.93. The monoisotopic (exact) mass is 314 g/mol. The van der Waals surface area contributed by atoms with Gasteiger partial charge in [-0.15, -0.1) is 0 Å². The predicted molar refractivity (Wildman–Crippen MR) is 96.0 cm³/mol. The van der Waals surface area contributed by atoms with Crippen LogP contribution in [-0.2, 0) is 4.79 Å². The number of carbonyl (C=O) groups is 1. The Bertz CT molecular complexity index is 524. The molecule has 1 aromatic carbocycles. The van der Waals surface area contributed by atoms with Crippen LogP contribution in [-0.4, -0.2) is 12.4 Å². The molecule has 0 N–H and O–H groups in total. The zero-order valence-electron chi connectivity index (χ0n) is 14.6. The first-order valence-corrected chi connectivity index (χ1v) is 9.02. The van der Waals surface area contributed by atoms with Crippen LogP contribution in [0.1, 0.15) is 70.3 Å². The van der Waals surface area contributed by atoms with Crippen LogP contribution in [0.2, 0.25) is 0 Å². The first-order chi connectivity index (χ1) is 11.1. The molecule has 23 heavy (non-hydrogen) atoms. The quantitative estimate of drug-likeness (QED) is 0.577. The summed E-state index contributed by atoms with van der Waals surface area (Å²) in [5, 5.41) is 0. The molecule has 0 radical (unpaired) electrons. The van der Waals surface area contributed by atoms with Gasteiger partial charge in [0.25, 0.3) is 0 Å². The number of hydrogen-bond donors (Lipinski definition) is 0. The summed E-state index contributed by atoms with van der Waals surface area (Å²) in [5.41, 5.74) is 1.93. The first-order valence-electron chi connectivity index (χ1n) is 9.02. The Morgan fingerprint density at radius 3 is 2.57 bits per heavy atom. The van der Waals surface area contributed by atoms with E-state index in [1.807, 2.05) is 12.1 Å². The van der Waals surface area contributed by atoms with Crippen molar-refractivity contribution in [3.05, 3.63) is 42.0 Å². The number of ketones is 1. The molecule has 2 heteroatoms. The van der Waals surface area contributed by atoms with Crippen molar-refractivity contribution in [2.45, 2.75) is 64.7 Å². The van der Waals surface area contributed by atoms with Gasteiger partial charge >= 0.3 is 0 Å². The lowest BCUT2D eigenvalue weighted by atomic mass is 9.77. The average molecular weight is 314 g/mol. The molecule has 0 bridgehead atoms. The van der Waals surface area contributed by atoms with Crippen LogP contribution >= 0.6 is 0 Å². The summed E-state index contributed by atoms with van der Waals surface area (Å²) in [7, 11) is 0.